The zero-order valence-electron chi connectivity index (χ0n) is 9.18. The van der Waals surface area contributed by atoms with E-state index in [0.717, 1.165) is 0 Å². The molecule has 1 nitrogen and oxygen atoms in total. The Hall–Kier alpha value is -0.440. The van der Waals surface area contributed by atoms with Gasteiger partial charge >= 0.3 is 0 Å². The molecule has 0 bridgehead atoms. The standard InChI is InChI=1S/C13H5Cl5O/c14-9-2-6(1-8(3-9)13(18)19)7-4-10(15)12(17)11(16)5-7/h1-5H. The van der Waals surface area contributed by atoms with E-state index in [-0.39, 0.29) is 5.02 Å². The number of rotatable bonds is 2. The Bertz CT molecular complexity index is 643. The van der Waals surface area contributed by atoms with E-state index in [4.69, 9.17) is 58.0 Å². The molecule has 0 unspecified atom stereocenters. The van der Waals surface area contributed by atoms with E-state index < -0.39 is 5.24 Å². The van der Waals surface area contributed by atoms with Gasteiger partial charge in [0.25, 0.3) is 5.24 Å². The predicted octanol–water partition coefficient (Wildman–Crippen LogP) is 6.35. The molecule has 2 aromatic rings. The second-order valence-corrected chi connectivity index (χ2v) is 5.73. The molecule has 0 N–H and O–H groups in total. The molecule has 0 aliphatic carbocycles. The molecule has 0 heterocycles. The van der Waals surface area contributed by atoms with Crippen LogP contribution in [0, 0.1) is 0 Å². The number of carbonyl (C=O) groups excluding carboxylic acids is 1. The van der Waals surface area contributed by atoms with E-state index in [9.17, 15) is 4.79 Å². The SMILES string of the molecule is O=C(Cl)c1cc(Cl)cc(-c2cc(Cl)c(Cl)c(Cl)c2)c1. The average Bonchev–Trinajstić information content (AvgIpc) is 2.34. The Kier molecular flexibility index (Phi) is 4.65. The number of halogens is 5. The molecule has 0 atom stereocenters. The minimum atomic E-state index is -0.588. The van der Waals surface area contributed by atoms with Crippen molar-refractivity contribution in [3.05, 3.63) is 56.0 Å². The normalized spacial score (nSPS) is 10.6. The molecular formula is C13H5Cl5O. The van der Waals surface area contributed by atoms with Gasteiger partial charge in [-0.2, -0.15) is 0 Å². The van der Waals surface area contributed by atoms with Gasteiger partial charge in [0.1, 0.15) is 0 Å². The second-order valence-electron chi connectivity index (χ2n) is 3.76. The van der Waals surface area contributed by atoms with Gasteiger partial charge in [-0.05, 0) is 53.1 Å². The Morgan fingerprint density at radius 1 is 0.789 bits per heavy atom. The molecular weight excluding hydrogens is 349 g/mol. The van der Waals surface area contributed by atoms with Gasteiger partial charge in [0.15, 0.2) is 0 Å². The van der Waals surface area contributed by atoms with Crippen molar-refractivity contribution in [2.75, 3.05) is 0 Å². The number of benzene rings is 2. The van der Waals surface area contributed by atoms with Crippen molar-refractivity contribution in [2.45, 2.75) is 0 Å². The van der Waals surface area contributed by atoms with E-state index in [0.29, 0.717) is 31.8 Å². The summed E-state index contributed by atoms with van der Waals surface area (Å²) in [5.41, 5.74) is 1.67. The first-order chi connectivity index (χ1) is 8.88. The summed E-state index contributed by atoms with van der Waals surface area (Å²) < 4.78 is 0. The molecule has 2 rings (SSSR count). The van der Waals surface area contributed by atoms with Crippen molar-refractivity contribution in [1.82, 2.24) is 0 Å². The molecule has 0 amide bonds. The monoisotopic (exact) mass is 352 g/mol. The number of carbonyl (C=O) groups is 1. The quantitative estimate of drug-likeness (QED) is 0.454. The Morgan fingerprint density at radius 2 is 1.32 bits per heavy atom. The fraction of sp³-hybridized carbons (Fsp3) is 0. The maximum atomic E-state index is 11.2. The van der Waals surface area contributed by atoms with Gasteiger partial charge in [0, 0.05) is 10.6 Å². The van der Waals surface area contributed by atoms with Crippen LogP contribution in [0.2, 0.25) is 20.1 Å². The van der Waals surface area contributed by atoms with Crippen LogP contribution in [0.4, 0.5) is 0 Å². The highest BCUT2D eigenvalue weighted by atomic mass is 35.5. The zero-order valence-corrected chi connectivity index (χ0v) is 13.0. The minimum Gasteiger partial charge on any atom is -0.276 e. The van der Waals surface area contributed by atoms with Crippen LogP contribution < -0.4 is 0 Å². The van der Waals surface area contributed by atoms with Crippen LogP contribution in [0.15, 0.2) is 30.3 Å². The fourth-order valence-electron chi connectivity index (χ4n) is 1.59. The van der Waals surface area contributed by atoms with Crippen molar-refractivity contribution in [3.63, 3.8) is 0 Å². The summed E-state index contributed by atoms with van der Waals surface area (Å²) in [6.07, 6.45) is 0. The van der Waals surface area contributed by atoms with Gasteiger partial charge in [0.05, 0.1) is 15.1 Å². The highest BCUT2D eigenvalue weighted by Crippen LogP contribution is 2.36. The smallest absolute Gasteiger partial charge is 0.252 e. The lowest BCUT2D eigenvalue weighted by Crippen LogP contribution is -1.90. The molecule has 0 saturated carbocycles. The van der Waals surface area contributed by atoms with Gasteiger partial charge in [-0.3, -0.25) is 4.79 Å². The average molecular weight is 354 g/mol. The van der Waals surface area contributed by atoms with Crippen molar-refractivity contribution in [3.8, 4) is 11.1 Å². The largest absolute Gasteiger partial charge is 0.276 e. The minimum absolute atomic E-state index is 0.280. The van der Waals surface area contributed by atoms with Gasteiger partial charge in [0.2, 0.25) is 0 Å². The molecule has 0 fully saturated rings. The summed E-state index contributed by atoms with van der Waals surface area (Å²) in [6.45, 7) is 0. The van der Waals surface area contributed by atoms with Crippen molar-refractivity contribution >= 4 is 63.2 Å². The molecule has 98 valence electrons. The maximum Gasteiger partial charge on any atom is 0.252 e. The van der Waals surface area contributed by atoms with Crippen LogP contribution in [0.1, 0.15) is 10.4 Å². The third-order valence-corrected chi connectivity index (χ3v) is 4.08. The summed E-state index contributed by atoms with van der Waals surface area (Å²) in [5.74, 6) is 0. The lowest BCUT2D eigenvalue weighted by atomic mass is 10.0. The molecule has 19 heavy (non-hydrogen) atoms. The first kappa shape index (κ1) is 15.0. The third kappa shape index (κ3) is 3.36. The molecule has 6 heteroatoms. The maximum absolute atomic E-state index is 11.2. The van der Waals surface area contributed by atoms with E-state index in [1.807, 2.05) is 0 Å². The highest BCUT2D eigenvalue weighted by Gasteiger charge is 2.11. The Labute approximate surface area is 135 Å². The van der Waals surface area contributed by atoms with Crippen LogP contribution in [-0.4, -0.2) is 5.24 Å². The van der Waals surface area contributed by atoms with Crippen LogP contribution in [0.25, 0.3) is 11.1 Å². The van der Waals surface area contributed by atoms with E-state index in [2.05, 4.69) is 0 Å². The van der Waals surface area contributed by atoms with Crippen molar-refractivity contribution in [2.24, 2.45) is 0 Å². The summed E-state index contributed by atoms with van der Waals surface area (Å²) in [4.78, 5) is 11.2. The summed E-state index contributed by atoms with van der Waals surface area (Å²) in [5, 5.41) is 0.729. The van der Waals surface area contributed by atoms with Gasteiger partial charge in [-0.15, -0.1) is 0 Å². The summed E-state index contributed by atoms with van der Waals surface area (Å²) >= 11 is 29.2. The topological polar surface area (TPSA) is 17.1 Å². The van der Waals surface area contributed by atoms with Crippen LogP contribution in [0.5, 0.6) is 0 Å². The van der Waals surface area contributed by atoms with Crippen LogP contribution >= 0.6 is 58.0 Å². The summed E-state index contributed by atoms with van der Waals surface area (Å²) in [6, 6.07) is 8.06. The van der Waals surface area contributed by atoms with Crippen LogP contribution in [0.3, 0.4) is 0 Å². The van der Waals surface area contributed by atoms with Gasteiger partial charge in [-0.25, -0.2) is 0 Å². The second kappa shape index (κ2) is 5.90. The predicted molar refractivity (Wildman–Crippen MR) is 82.1 cm³/mol. The number of hydrogen-bond donors (Lipinski definition) is 0. The molecule has 2 aromatic carbocycles. The fourth-order valence-corrected chi connectivity index (χ4v) is 2.53. The third-order valence-electron chi connectivity index (χ3n) is 2.44. The van der Waals surface area contributed by atoms with E-state index in [1.54, 1.807) is 24.3 Å². The first-order valence-electron chi connectivity index (χ1n) is 5.04. The lowest BCUT2D eigenvalue weighted by Gasteiger charge is -2.07. The van der Waals surface area contributed by atoms with Crippen molar-refractivity contribution < 1.29 is 4.79 Å². The van der Waals surface area contributed by atoms with Gasteiger partial charge in [-0.1, -0.05) is 46.4 Å². The molecule has 0 radical (unpaired) electrons. The molecule has 0 saturated heterocycles. The summed E-state index contributed by atoms with van der Waals surface area (Å²) in [7, 11) is 0. The van der Waals surface area contributed by atoms with Crippen molar-refractivity contribution in [1.29, 1.82) is 0 Å². The van der Waals surface area contributed by atoms with Gasteiger partial charge < -0.3 is 0 Å². The van der Waals surface area contributed by atoms with E-state index >= 15 is 0 Å². The Balaban J connectivity index is 2.62. The Morgan fingerprint density at radius 3 is 1.84 bits per heavy atom. The zero-order chi connectivity index (χ0) is 14.2. The number of hydrogen-bond acceptors (Lipinski definition) is 1. The molecule has 0 spiro atoms. The first-order valence-corrected chi connectivity index (χ1v) is 6.93. The highest BCUT2D eigenvalue weighted by molar-refractivity contribution is 6.67. The molecule has 0 aliphatic heterocycles. The molecule has 0 aromatic heterocycles. The lowest BCUT2D eigenvalue weighted by molar-refractivity contribution is 0.108. The molecule has 0 aliphatic rings. The van der Waals surface area contributed by atoms with Crippen LogP contribution in [-0.2, 0) is 0 Å². The van der Waals surface area contributed by atoms with E-state index in [1.165, 1.54) is 6.07 Å².